The van der Waals surface area contributed by atoms with Gasteiger partial charge in [0, 0.05) is 10.0 Å². The lowest BCUT2D eigenvalue weighted by Gasteiger charge is -1.93. The fraction of sp³-hybridized carbons (Fsp3) is 0. The molecule has 3 aromatic rings. The normalized spacial score (nSPS) is 10.6. The predicted octanol–water partition coefficient (Wildman–Crippen LogP) is 2.28. The van der Waals surface area contributed by atoms with Gasteiger partial charge in [-0.05, 0) is 24.3 Å². The van der Waals surface area contributed by atoms with Crippen LogP contribution in [-0.4, -0.2) is 25.3 Å². The quantitative estimate of drug-likeness (QED) is 0.783. The van der Waals surface area contributed by atoms with Crippen LogP contribution in [0, 0.1) is 0 Å². The van der Waals surface area contributed by atoms with E-state index in [1.165, 1.54) is 6.33 Å². The molecule has 0 atom stereocenters. The molecule has 0 radical (unpaired) electrons. The number of aromatic nitrogens is 5. The second-order valence-corrected chi connectivity index (χ2v) is 4.18. The molecule has 2 heterocycles. The van der Waals surface area contributed by atoms with Crippen LogP contribution in [-0.2, 0) is 0 Å². The number of nitrogens with zero attached hydrogens (tertiary/aromatic N) is 4. The highest BCUT2D eigenvalue weighted by Crippen LogP contribution is 2.21. The molecule has 7 heteroatoms. The van der Waals surface area contributed by atoms with Gasteiger partial charge in [-0.3, -0.25) is 5.10 Å². The lowest BCUT2D eigenvalue weighted by atomic mass is 10.2. The number of H-pyrrole nitrogens is 1. The molecule has 0 bridgehead atoms. The fourth-order valence-corrected chi connectivity index (χ4v) is 1.61. The Morgan fingerprint density at radius 2 is 2.00 bits per heavy atom. The van der Waals surface area contributed by atoms with Crippen LogP contribution in [0.4, 0.5) is 0 Å². The lowest BCUT2D eigenvalue weighted by Crippen LogP contribution is -1.83. The van der Waals surface area contributed by atoms with Gasteiger partial charge in [0.15, 0.2) is 5.82 Å². The summed E-state index contributed by atoms with van der Waals surface area (Å²) in [7, 11) is 0. The summed E-state index contributed by atoms with van der Waals surface area (Å²) in [5.41, 5.74) is 0.853. The third-order valence-electron chi connectivity index (χ3n) is 2.14. The molecule has 1 aromatic carbocycles. The van der Waals surface area contributed by atoms with E-state index in [2.05, 4.69) is 41.3 Å². The summed E-state index contributed by atoms with van der Waals surface area (Å²) < 4.78 is 6.15. The largest absolute Gasteiger partial charge is 0.334 e. The molecule has 2 aromatic heterocycles. The summed E-state index contributed by atoms with van der Waals surface area (Å²) in [4.78, 5) is 8.17. The van der Waals surface area contributed by atoms with Crippen molar-refractivity contribution in [2.24, 2.45) is 0 Å². The molecule has 0 unspecified atom stereocenters. The average Bonchev–Trinajstić information content (AvgIpc) is 3.00. The van der Waals surface area contributed by atoms with E-state index in [0.29, 0.717) is 17.5 Å². The highest BCUT2D eigenvalue weighted by atomic mass is 79.9. The van der Waals surface area contributed by atoms with Crippen molar-refractivity contribution in [1.82, 2.24) is 25.3 Å². The molecule has 3 rings (SSSR count). The van der Waals surface area contributed by atoms with Gasteiger partial charge in [0.05, 0.1) is 0 Å². The zero-order valence-corrected chi connectivity index (χ0v) is 10.0. The van der Waals surface area contributed by atoms with Gasteiger partial charge < -0.3 is 4.52 Å². The molecule has 0 aliphatic carbocycles. The minimum Gasteiger partial charge on any atom is -0.334 e. The van der Waals surface area contributed by atoms with Crippen molar-refractivity contribution in [2.45, 2.75) is 0 Å². The van der Waals surface area contributed by atoms with Gasteiger partial charge in [0.1, 0.15) is 6.33 Å². The van der Waals surface area contributed by atoms with Gasteiger partial charge in [-0.1, -0.05) is 21.1 Å². The number of aromatic amines is 1. The first kappa shape index (κ1) is 10.2. The van der Waals surface area contributed by atoms with E-state index in [0.717, 1.165) is 10.0 Å². The van der Waals surface area contributed by atoms with Gasteiger partial charge >= 0.3 is 0 Å². The van der Waals surface area contributed by atoms with Crippen LogP contribution in [0.2, 0.25) is 0 Å². The number of nitrogens with one attached hydrogen (secondary N) is 1. The molecule has 17 heavy (non-hydrogen) atoms. The van der Waals surface area contributed by atoms with Crippen LogP contribution in [0.25, 0.3) is 23.1 Å². The molecule has 0 aliphatic rings. The van der Waals surface area contributed by atoms with E-state index >= 15 is 0 Å². The van der Waals surface area contributed by atoms with Crippen molar-refractivity contribution in [3.05, 3.63) is 35.1 Å². The average molecular weight is 292 g/mol. The SMILES string of the molecule is Brc1ccc(-c2nc(-c3ncn[nH]3)no2)cc1. The Morgan fingerprint density at radius 3 is 2.71 bits per heavy atom. The summed E-state index contributed by atoms with van der Waals surface area (Å²) in [6.45, 7) is 0. The van der Waals surface area contributed by atoms with Crippen LogP contribution < -0.4 is 0 Å². The Morgan fingerprint density at radius 1 is 1.18 bits per heavy atom. The first-order valence-electron chi connectivity index (χ1n) is 4.78. The Labute approximate surface area is 104 Å². The van der Waals surface area contributed by atoms with E-state index in [-0.39, 0.29) is 0 Å². The van der Waals surface area contributed by atoms with Crippen molar-refractivity contribution in [3.8, 4) is 23.1 Å². The van der Waals surface area contributed by atoms with Crippen molar-refractivity contribution < 1.29 is 4.52 Å². The van der Waals surface area contributed by atoms with Crippen LogP contribution >= 0.6 is 15.9 Å². The van der Waals surface area contributed by atoms with E-state index in [9.17, 15) is 0 Å². The molecule has 0 fully saturated rings. The molecule has 0 spiro atoms. The molecule has 1 N–H and O–H groups in total. The molecule has 84 valence electrons. The molecule has 0 saturated carbocycles. The summed E-state index contributed by atoms with van der Waals surface area (Å²) in [6, 6.07) is 7.60. The van der Waals surface area contributed by atoms with Gasteiger partial charge in [0.2, 0.25) is 5.82 Å². The van der Waals surface area contributed by atoms with E-state index in [1.807, 2.05) is 24.3 Å². The number of hydrogen-bond acceptors (Lipinski definition) is 5. The first-order chi connectivity index (χ1) is 8.33. The Bertz CT molecular complexity index is 616. The Balaban J connectivity index is 1.98. The molecular formula is C10H6BrN5O. The third-order valence-corrected chi connectivity index (χ3v) is 2.67. The second kappa shape index (κ2) is 4.10. The fourth-order valence-electron chi connectivity index (χ4n) is 1.34. The van der Waals surface area contributed by atoms with Gasteiger partial charge in [0.25, 0.3) is 5.89 Å². The minimum atomic E-state index is 0.389. The zero-order chi connectivity index (χ0) is 11.7. The topological polar surface area (TPSA) is 80.5 Å². The first-order valence-corrected chi connectivity index (χ1v) is 5.57. The van der Waals surface area contributed by atoms with Crippen molar-refractivity contribution in [3.63, 3.8) is 0 Å². The zero-order valence-electron chi connectivity index (χ0n) is 8.46. The van der Waals surface area contributed by atoms with Gasteiger partial charge in [-0.15, -0.1) is 0 Å². The number of rotatable bonds is 2. The lowest BCUT2D eigenvalue weighted by molar-refractivity contribution is 0.432. The number of hydrogen-bond donors (Lipinski definition) is 1. The molecule has 6 nitrogen and oxygen atoms in total. The van der Waals surface area contributed by atoms with Gasteiger partial charge in [-0.2, -0.15) is 10.1 Å². The molecule has 0 amide bonds. The van der Waals surface area contributed by atoms with Crippen molar-refractivity contribution in [1.29, 1.82) is 0 Å². The summed E-state index contributed by atoms with van der Waals surface area (Å²) >= 11 is 3.36. The maximum Gasteiger partial charge on any atom is 0.258 e. The molecule has 0 saturated heterocycles. The highest BCUT2D eigenvalue weighted by Gasteiger charge is 2.12. The predicted molar refractivity (Wildman–Crippen MR) is 62.8 cm³/mol. The maximum absolute atomic E-state index is 5.15. The highest BCUT2D eigenvalue weighted by molar-refractivity contribution is 9.10. The van der Waals surface area contributed by atoms with Crippen LogP contribution in [0.5, 0.6) is 0 Å². The standard InChI is InChI=1S/C10H6BrN5O/c11-7-3-1-6(2-4-7)10-14-9(16-17-10)8-12-5-13-15-8/h1-5H,(H,12,13,15). The van der Waals surface area contributed by atoms with E-state index in [1.54, 1.807) is 0 Å². The maximum atomic E-state index is 5.15. The Hall–Kier alpha value is -2.02. The second-order valence-electron chi connectivity index (χ2n) is 3.26. The van der Waals surface area contributed by atoms with Crippen molar-refractivity contribution >= 4 is 15.9 Å². The summed E-state index contributed by atoms with van der Waals surface area (Å²) in [5, 5.41) is 10.2. The molecular weight excluding hydrogens is 286 g/mol. The minimum absolute atomic E-state index is 0.389. The van der Waals surface area contributed by atoms with E-state index < -0.39 is 0 Å². The summed E-state index contributed by atoms with van der Waals surface area (Å²) in [6.07, 6.45) is 1.39. The number of benzene rings is 1. The molecule has 0 aliphatic heterocycles. The Kier molecular flexibility index (Phi) is 2.45. The monoisotopic (exact) mass is 291 g/mol. The third kappa shape index (κ3) is 1.96. The van der Waals surface area contributed by atoms with Crippen LogP contribution in [0.1, 0.15) is 0 Å². The van der Waals surface area contributed by atoms with E-state index in [4.69, 9.17) is 4.52 Å². The van der Waals surface area contributed by atoms with Crippen LogP contribution in [0.3, 0.4) is 0 Å². The number of halogens is 1. The van der Waals surface area contributed by atoms with Crippen molar-refractivity contribution in [2.75, 3.05) is 0 Å². The van der Waals surface area contributed by atoms with Gasteiger partial charge in [-0.25, -0.2) is 4.98 Å². The smallest absolute Gasteiger partial charge is 0.258 e. The van der Waals surface area contributed by atoms with Crippen LogP contribution in [0.15, 0.2) is 39.6 Å². The summed E-state index contributed by atoms with van der Waals surface area (Å²) in [5.74, 6) is 1.32.